The molecule has 0 atom stereocenters. The van der Waals surface area contributed by atoms with Crippen molar-refractivity contribution in [2.24, 2.45) is 0 Å². The minimum atomic E-state index is -3.44. The molecule has 3 rings (SSSR count). The highest BCUT2D eigenvalue weighted by Crippen LogP contribution is 2.21. The zero-order valence-corrected chi connectivity index (χ0v) is 16.8. The maximum atomic E-state index is 12.5. The molecule has 0 amide bonds. The van der Waals surface area contributed by atoms with Gasteiger partial charge in [0, 0.05) is 25.4 Å². The summed E-state index contributed by atoms with van der Waals surface area (Å²) in [5, 5.41) is 7.11. The van der Waals surface area contributed by atoms with E-state index in [0.29, 0.717) is 37.8 Å². The van der Waals surface area contributed by atoms with Crippen LogP contribution in [0, 0.1) is 0 Å². The van der Waals surface area contributed by atoms with E-state index in [4.69, 9.17) is 9.26 Å². The van der Waals surface area contributed by atoms with Crippen molar-refractivity contribution in [1.29, 1.82) is 0 Å². The van der Waals surface area contributed by atoms with Crippen LogP contribution in [0.2, 0.25) is 0 Å². The van der Waals surface area contributed by atoms with E-state index in [1.165, 1.54) is 10.5 Å². The van der Waals surface area contributed by atoms with Gasteiger partial charge in [0.1, 0.15) is 23.0 Å². The molecule has 1 fully saturated rings. The lowest BCUT2D eigenvalue weighted by Crippen LogP contribution is -2.27. The molecule has 8 nitrogen and oxygen atoms in total. The standard InChI is InChI=1S/C18H26N4O4S/c1-18(2,3)25-13-15-10-14(21-26-15)11-19-17-7-6-16(12-20-17)27(23,24)22-8-4-5-9-22/h6-7,10,12H,4-5,8-9,11,13H2,1-3H3,(H,19,20). The normalized spacial score (nSPS) is 16.0. The predicted molar refractivity (Wildman–Crippen MR) is 101 cm³/mol. The second-order valence-electron chi connectivity index (χ2n) is 7.53. The molecule has 1 saturated heterocycles. The van der Waals surface area contributed by atoms with Gasteiger partial charge >= 0.3 is 0 Å². The van der Waals surface area contributed by atoms with Crippen molar-refractivity contribution in [1.82, 2.24) is 14.4 Å². The van der Waals surface area contributed by atoms with Gasteiger partial charge in [-0.25, -0.2) is 13.4 Å². The molecule has 1 aliphatic heterocycles. The number of sulfonamides is 1. The molecular weight excluding hydrogens is 368 g/mol. The fourth-order valence-electron chi connectivity index (χ4n) is 2.69. The molecule has 1 aliphatic rings. The van der Waals surface area contributed by atoms with Crippen molar-refractivity contribution in [2.75, 3.05) is 18.4 Å². The Morgan fingerprint density at radius 3 is 2.63 bits per heavy atom. The molecule has 2 aromatic heterocycles. The van der Waals surface area contributed by atoms with E-state index in [0.717, 1.165) is 18.5 Å². The number of nitrogens with one attached hydrogen (secondary N) is 1. The number of hydrogen-bond acceptors (Lipinski definition) is 7. The molecule has 0 bridgehead atoms. The highest BCUT2D eigenvalue weighted by molar-refractivity contribution is 7.89. The minimum Gasteiger partial charge on any atom is -0.368 e. The average molecular weight is 394 g/mol. The summed E-state index contributed by atoms with van der Waals surface area (Å²) in [6.07, 6.45) is 3.21. The summed E-state index contributed by atoms with van der Waals surface area (Å²) in [5.41, 5.74) is 0.477. The van der Waals surface area contributed by atoms with Crippen LogP contribution in [0.3, 0.4) is 0 Å². The quantitative estimate of drug-likeness (QED) is 0.771. The van der Waals surface area contributed by atoms with Crippen LogP contribution in [-0.2, 0) is 27.9 Å². The summed E-state index contributed by atoms with van der Waals surface area (Å²) in [7, 11) is -3.44. The van der Waals surface area contributed by atoms with Gasteiger partial charge in [0.2, 0.25) is 10.0 Å². The maximum absolute atomic E-state index is 12.5. The van der Waals surface area contributed by atoms with E-state index in [1.807, 2.05) is 26.8 Å². The molecular formula is C18H26N4O4S. The second-order valence-corrected chi connectivity index (χ2v) is 9.47. The van der Waals surface area contributed by atoms with E-state index in [1.54, 1.807) is 12.1 Å². The van der Waals surface area contributed by atoms with Crippen molar-refractivity contribution in [2.45, 2.75) is 57.3 Å². The highest BCUT2D eigenvalue weighted by Gasteiger charge is 2.27. The Bertz CT molecular complexity index is 850. The Morgan fingerprint density at radius 2 is 2.00 bits per heavy atom. The molecule has 148 valence electrons. The molecule has 0 unspecified atom stereocenters. The Hall–Kier alpha value is -1.97. The highest BCUT2D eigenvalue weighted by atomic mass is 32.2. The Balaban J connectivity index is 1.55. The smallest absolute Gasteiger partial charge is 0.244 e. The van der Waals surface area contributed by atoms with Crippen LogP contribution >= 0.6 is 0 Å². The van der Waals surface area contributed by atoms with Crippen molar-refractivity contribution in [3.8, 4) is 0 Å². The van der Waals surface area contributed by atoms with Gasteiger partial charge < -0.3 is 14.6 Å². The number of ether oxygens (including phenoxy) is 1. The van der Waals surface area contributed by atoms with E-state index in [2.05, 4.69) is 15.5 Å². The first-order valence-electron chi connectivity index (χ1n) is 9.02. The van der Waals surface area contributed by atoms with Crippen LogP contribution in [0.4, 0.5) is 5.82 Å². The topological polar surface area (TPSA) is 97.6 Å². The van der Waals surface area contributed by atoms with Gasteiger partial charge in [0.05, 0.1) is 12.1 Å². The number of pyridine rings is 1. The summed E-state index contributed by atoms with van der Waals surface area (Å²) in [5.74, 6) is 1.23. The Kier molecular flexibility index (Phi) is 5.83. The third-order valence-corrected chi connectivity index (χ3v) is 6.03. The average Bonchev–Trinajstić information content (AvgIpc) is 3.30. The van der Waals surface area contributed by atoms with Crippen LogP contribution in [0.15, 0.2) is 33.8 Å². The minimum absolute atomic E-state index is 0.220. The molecule has 0 spiro atoms. The van der Waals surface area contributed by atoms with Crippen molar-refractivity contribution in [3.05, 3.63) is 35.9 Å². The number of rotatable bonds is 7. The van der Waals surface area contributed by atoms with Gasteiger partial charge in [0.15, 0.2) is 5.76 Å². The molecule has 27 heavy (non-hydrogen) atoms. The van der Waals surface area contributed by atoms with Gasteiger partial charge in [-0.15, -0.1) is 0 Å². The summed E-state index contributed by atoms with van der Waals surface area (Å²) < 4.78 is 37.4. The molecule has 0 radical (unpaired) electrons. The SMILES string of the molecule is CC(C)(C)OCc1cc(CNc2ccc(S(=O)(=O)N3CCCC3)cn2)no1. The van der Waals surface area contributed by atoms with Crippen LogP contribution in [0.25, 0.3) is 0 Å². The van der Waals surface area contributed by atoms with Gasteiger partial charge in [-0.05, 0) is 45.7 Å². The van der Waals surface area contributed by atoms with Crippen molar-refractivity contribution >= 4 is 15.8 Å². The molecule has 0 aromatic carbocycles. The molecule has 0 aliphatic carbocycles. The first kappa shape index (κ1) is 19.8. The Labute approximate surface area is 160 Å². The number of aromatic nitrogens is 2. The van der Waals surface area contributed by atoms with Gasteiger partial charge in [0.25, 0.3) is 0 Å². The van der Waals surface area contributed by atoms with E-state index >= 15 is 0 Å². The summed E-state index contributed by atoms with van der Waals surface area (Å²) in [6, 6.07) is 5.06. The third kappa shape index (κ3) is 5.27. The Morgan fingerprint density at radius 1 is 1.26 bits per heavy atom. The molecule has 3 heterocycles. The molecule has 1 N–H and O–H groups in total. The number of hydrogen-bond donors (Lipinski definition) is 1. The van der Waals surface area contributed by atoms with Crippen molar-refractivity contribution < 1.29 is 17.7 Å². The largest absolute Gasteiger partial charge is 0.368 e. The fraction of sp³-hybridized carbons (Fsp3) is 0.556. The lowest BCUT2D eigenvalue weighted by molar-refractivity contribution is -0.0241. The lowest BCUT2D eigenvalue weighted by atomic mass is 10.2. The first-order chi connectivity index (χ1) is 12.7. The zero-order valence-electron chi connectivity index (χ0n) is 15.9. The van der Waals surface area contributed by atoms with Crippen LogP contribution in [0.5, 0.6) is 0 Å². The van der Waals surface area contributed by atoms with E-state index in [9.17, 15) is 8.42 Å². The predicted octanol–water partition coefficient (Wildman–Crippen LogP) is 2.78. The third-order valence-electron chi connectivity index (χ3n) is 4.14. The number of nitrogens with zero attached hydrogens (tertiary/aromatic N) is 3. The maximum Gasteiger partial charge on any atom is 0.244 e. The molecule has 0 saturated carbocycles. The van der Waals surface area contributed by atoms with E-state index in [-0.39, 0.29) is 10.5 Å². The molecule has 2 aromatic rings. The van der Waals surface area contributed by atoms with Crippen LogP contribution in [-0.4, -0.2) is 41.6 Å². The van der Waals surface area contributed by atoms with Crippen molar-refractivity contribution in [3.63, 3.8) is 0 Å². The van der Waals surface area contributed by atoms with Crippen LogP contribution in [0.1, 0.15) is 45.1 Å². The fourth-order valence-corrected chi connectivity index (χ4v) is 4.15. The lowest BCUT2D eigenvalue weighted by Gasteiger charge is -2.17. The van der Waals surface area contributed by atoms with Gasteiger partial charge in [-0.3, -0.25) is 0 Å². The monoisotopic (exact) mass is 394 g/mol. The summed E-state index contributed by atoms with van der Waals surface area (Å²) >= 11 is 0. The van der Waals surface area contributed by atoms with E-state index < -0.39 is 10.0 Å². The van der Waals surface area contributed by atoms with Crippen LogP contribution < -0.4 is 5.32 Å². The van der Waals surface area contributed by atoms with Gasteiger partial charge in [-0.2, -0.15) is 4.31 Å². The van der Waals surface area contributed by atoms with Gasteiger partial charge in [-0.1, -0.05) is 5.16 Å². The second kappa shape index (κ2) is 7.95. The first-order valence-corrected chi connectivity index (χ1v) is 10.5. The summed E-state index contributed by atoms with van der Waals surface area (Å²) in [4.78, 5) is 4.43. The summed E-state index contributed by atoms with van der Waals surface area (Å²) in [6.45, 7) is 7.87. The zero-order chi connectivity index (χ0) is 19.5. The number of anilines is 1. The molecule has 9 heteroatoms.